The van der Waals surface area contributed by atoms with E-state index in [1.54, 1.807) is 13.8 Å². The van der Waals surface area contributed by atoms with Crippen LogP contribution in [-0.2, 0) is 22.4 Å². The van der Waals surface area contributed by atoms with Gasteiger partial charge < -0.3 is 15.8 Å². The fourth-order valence-corrected chi connectivity index (χ4v) is 5.94. The van der Waals surface area contributed by atoms with Crippen molar-refractivity contribution in [1.29, 1.82) is 0 Å². The number of carbonyl (C=O) groups excluding carboxylic acids is 3. The summed E-state index contributed by atoms with van der Waals surface area (Å²) in [7, 11) is 0. The van der Waals surface area contributed by atoms with Gasteiger partial charge in [0.05, 0.1) is 23.6 Å². The van der Waals surface area contributed by atoms with Crippen LogP contribution in [-0.4, -0.2) is 48.9 Å². The van der Waals surface area contributed by atoms with Gasteiger partial charge in [0.25, 0.3) is 5.91 Å². The van der Waals surface area contributed by atoms with Crippen LogP contribution in [0.2, 0.25) is 0 Å². The highest BCUT2D eigenvalue weighted by Crippen LogP contribution is 2.43. The van der Waals surface area contributed by atoms with Gasteiger partial charge in [-0.2, -0.15) is 0 Å². The SMILES string of the molecule is CCOC(=O)c1c(NC(=O)CN2CCC3(Cc4ccccc4C3)C2)sc(C(N)=O)c1C. The Morgan fingerprint density at radius 1 is 1.23 bits per heavy atom. The Bertz CT molecular complexity index is 1020. The molecule has 2 heterocycles. The summed E-state index contributed by atoms with van der Waals surface area (Å²) < 4.78 is 5.11. The first kappa shape index (κ1) is 21.5. The molecule has 1 fully saturated rings. The van der Waals surface area contributed by atoms with Crippen LogP contribution < -0.4 is 11.1 Å². The molecular weight excluding hydrogens is 414 g/mol. The molecule has 1 aromatic heterocycles. The van der Waals surface area contributed by atoms with Crippen molar-refractivity contribution in [3.05, 3.63) is 51.4 Å². The summed E-state index contributed by atoms with van der Waals surface area (Å²) in [5.74, 6) is -1.41. The predicted molar refractivity (Wildman–Crippen MR) is 120 cm³/mol. The molecule has 1 saturated heterocycles. The molecule has 2 aromatic rings. The number of carbonyl (C=O) groups is 3. The van der Waals surface area contributed by atoms with E-state index in [9.17, 15) is 14.4 Å². The highest BCUT2D eigenvalue weighted by molar-refractivity contribution is 7.18. The smallest absolute Gasteiger partial charge is 0.341 e. The lowest BCUT2D eigenvalue weighted by Gasteiger charge is -2.23. The van der Waals surface area contributed by atoms with E-state index < -0.39 is 11.9 Å². The Labute approximate surface area is 185 Å². The second kappa shape index (κ2) is 8.43. The van der Waals surface area contributed by atoms with Crippen molar-refractivity contribution in [1.82, 2.24) is 4.90 Å². The average molecular weight is 442 g/mol. The van der Waals surface area contributed by atoms with Crippen LogP contribution in [0.4, 0.5) is 5.00 Å². The van der Waals surface area contributed by atoms with E-state index in [2.05, 4.69) is 34.5 Å². The van der Waals surface area contributed by atoms with Crippen molar-refractivity contribution in [3.8, 4) is 0 Å². The van der Waals surface area contributed by atoms with Crippen LogP contribution in [0.25, 0.3) is 0 Å². The third-order valence-corrected chi connectivity index (χ3v) is 7.46. The number of likely N-dealkylation sites (tertiary alicyclic amines) is 1. The van der Waals surface area contributed by atoms with E-state index in [4.69, 9.17) is 10.5 Å². The van der Waals surface area contributed by atoms with Crippen LogP contribution in [0, 0.1) is 12.3 Å². The van der Waals surface area contributed by atoms with Gasteiger partial charge in [-0.05, 0) is 61.8 Å². The van der Waals surface area contributed by atoms with Crippen LogP contribution >= 0.6 is 11.3 Å². The molecule has 0 bridgehead atoms. The molecule has 2 aliphatic rings. The molecule has 4 rings (SSSR count). The maximum atomic E-state index is 12.8. The molecule has 8 heteroatoms. The zero-order chi connectivity index (χ0) is 22.2. The number of nitrogens with zero attached hydrogens (tertiary/aromatic N) is 1. The minimum atomic E-state index is -0.629. The second-order valence-electron chi connectivity index (χ2n) is 8.48. The van der Waals surface area contributed by atoms with Crippen molar-refractivity contribution in [2.75, 3.05) is 31.6 Å². The molecule has 164 valence electrons. The minimum absolute atomic E-state index is 0.200. The number of amides is 2. The Balaban J connectivity index is 1.43. The molecule has 1 spiro atoms. The van der Waals surface area contributed by atoms with Crippen molar-refractivity contribution < 1.29 is 19.1 Å². The largest absolute Gasteiger partial charge is 0.462 e. The second-order valence-corrected chi connectivity index (χ2v) is 9.50. The number of thiophene rings is 1. The Morgan fingerprint density at radius 2 is 1.90 bits per heavy atom. The van der Waals surface area contributed by atoms with Gasteiger partial charge in [-0.3, -0.25) is 14.5 Å². The van der Waals surface area contributed by atoms with Gasteiger partial charge in [-0.25, -0.2) is 4.79 Å². The summed E-state index contributed by atoms with van der Waals surface area (Å²) in [5, 5.41) is 3.13. The van der Waals surface area contributed by atoms with Crippen LogP contribution in [0.3, 0.4) is 0 Å². The summed E-state index contributed by atoms with van der Waals surface area (Å²) in [4.78, 5) is 39.3. The van der Waals surface area contributed by atoms with Gasteiger partial charge in [-0.15, -0.1) is 11.3 Å². The van der Waals surface area contributed by atoms with Crippen molar-refractivity contribution in [2.24, 2.45) is 11.1 Å². The monoisotopic (exact) mass is 441 g/mol. The molecule has 1 aliphatic carbocycles. The maximum Gasteiger partial charge on any atom is 0.341 e. The number of ether oxygens (including phenoxy) is 1. The Kier molecular flexibility index (Phi) is 5.85. The molecule has 0 radical (unpaired) electrons. The molecule has 0 unspecified atom stereocenters. The van der Waals surface area contributed by atoms with Gasteiger partial charge in [0, 0.05) is 6.54 Å². The van der Waals surface area contributed by atoms with Crippen LogP contribution in [0.15, 0.2) is 24.3 Å². The number of nitrogens with two attached hydrogens (primary N) is 1. The number of primary amides is 1. The Hall–Kier alpha value is -2.71. The summed E-state index contributed by atoms with van der Waals surface area (Å²) in [6, 6.07) is 8.57. The number of benzene rings is 1. The summed E-state index contributed by atoms with van der Waals surface area (Å²) in [6.45, 7) is 5.52. The first-order valence-electron chi connectivity index (χ1n) is 10.5. The molecular formula is C23H27N3O4S. The van der Waals surface area contributed by atoms with Crippen molar-refractivity contribution in [2.45, 2.75) is 33.1 Å². The quantitative estimate of drug-likeness (QED) is 0.671. The third-order valence-electron chi connectivity index (χ3n) is 6.24. The highest BCUT2D eigenvalue weighted by atomic mass is 32.1. The molecule has 31 heavy (non-hydrogen) atoms. The van der Waals surface area contributed by atoms with Gasteiger partial charge in [-0.1, -0.05) is 24.3 Å². The maximum absolute atomic E-state index is 12.8. The van der Waals surface area contributed by atoms with Crippen molar-refractivity contribution in [3.63, 3.8) is 0 Å². The normalized spacial score (nSPS) is 17.0. The zero-order valence-electron chi connectivity index (χ0n) is 17.8. The number of nitrogens with one attached hydrogen (secondary N) is 1. The average Bonchev–Trinajstić information content (AvgIpc) is 3.36. The number of esters is 1. The predicted octanol–water partition coefficient (Wildman–Crippen LogP) is 2.76. The van der Waals surface area contributed by atoms with E-state index in [-0.39, 0.29) is 34.9 Å². The van der Waals surface area contributed by atoms with Gasteiger partial charge >= 0.3 is 5.97 Å². The standard InChI is InChI=1S/C23H27N3O4S/c1-3-30-22(29)18-14(2)19(20(24)28)31-21(18)25-17(27)12-26-9-8-23(13-26)10-15-6-4-5-7-16(15)11-23/h4-7H,3,8-13H2,1-2H3,(H2,24,28)(H,25,27). The number of fused-ring (bicyclic) bond motifs is 1. The van der Waals surface area contributed by atoms with E-state index >= 15 is 0 Å². The fourth-order valence-electron chi connectivity index (χ4n) is 4.88. The van der Waals surface area contributed by atoms with Crippen LogP contribution in [0.5, 0.6) is 0 Å². The van der Waals surface area contributed by atoms with Crippen molar-refractivity contribution >= 4 is 34.1 Å². The number of rotatable bonds is 6. The lowest BCUT2D eigenvalue weighted by molar-refractivity contribution is -0.117. The molecule has 0 saturated carbocycles. The fraction of sp³-hybridized carbons (Fsp3) is 0.435. The van der Waals surface area contributed by atoms with Crippen LogP contribution in [0.1, 0.15) is 50.1 Å². The summed E-state index contributed by atoms with van der Waals surface area (Å²) in [5.41, 5.74) is 9.12. The number of hydrogen-bond donors (Lipinski definition) is 2. The molecule has 1 aromatic carbocycles. The number of anilines is 1. The van der Waals surface area contributed by atoms with Gasteiger partial charge in [0.2, 0.25) is 5.91 Å². The minimum Gasteiger partial charge on any atom is -0.462 e. The van der Waals surface area contributed by atoms with E-state index in [1.807, 2.05) is 0 Å². The van der Waals surface area contributed by atoms with Gasteiger partial charge in [0.1, 0.15) is 5.00 Å². The molecule has 2 amide bonds. The molecule has 3 N–H and O–H groups in total. The molecule has 0 atom stereocenters. The third kappa shape index (κ3) is 4.22. The first-order chi connectivity index (χ1) is 14.8. The van der Waals surface area contributed by atoms with Gasteiger partial charge in [0.15, 0.2) is 0 Å². The molecule has 1 aliphatic heterocycles. The molecule has 7 nitrogen and oxygen atoms in total. The topological polar surface area (TPSA) is 102 Å². The summed E-state index contributed by atoms with van der Waals surface area (Å²) >= 11 is 1.02. The first-order valence-corrected chi connectivity index (χ1v) is 11.3. The zero-order valence-corrected chi connectivity index (χ0v) is 18.6. The lowest BCUT2D eigenvalue weighted by atomic mass is 9.84. The highest BCUT2D eigenvalue weighted by Gasteiger charge is 2.42. The Morgan fingerprint density at radius 3 is 2.52 bits per heavy atom. The van der Waals surface area contributed by atoms with E-state index in [1.165, 1.54) is 11.1 Å². The van der Waals surface area contributed by atoms with E-state index in [0.29, 0.717) is 10.6 Å². The lowest BCUT2D eigenvalue weighted by Crippen LogP contribution is -2.34. The number of hydrogen-bond acceptors (Lipinski definition) is 6. The summed E-state index contributed by atoms with van der Waals surface area (Å²) in [6.07, 6.45) is 3.17. The van der Waals surface area contributed by atoms with E-state index in [0.717, 1.165) is 43.7 Å².